The molecule has 2 atom stereocenters. The Bertz CT molecular complexity index is 719. The second-order valence-corrected chi connectivity index (χ2v) is 8.15. The first-order valence-corrected chi connectivity index (χ1v) is 9.07. The molecule has 1 aromatic carbocycles. The van der Waals surface area contributed by atoms with Gasteiger partial charge in [-0.05, 0) is 26.6 Å². The highest BCUT2D eigenvalue weighted by molar-refractivity contribution is 7.53. The van der Waals surface area contributed by atoms with Crippen molar-refractivity contribution in [3.8, 4) is 0 Å². The second kappa shape index (κ2) is 7.07. The third-order valence-corrected chi connectivity index (χ3v) is 5.66. The van der Waals surface area contributed by atoms with Crippen molar-refractivity contribution in [1.29, 1.82) is 0 Å². The number of nitrogens with zero attached hydrogens (tertiary/aromatic N) is 1. The lowest BCUT2D eigenvalue weighted by Gasteiger charge is -2.25. The van der Waals surface area contributed by atoms with E-state index in [9.17, 15) is 19.0 Å². The van der Waals surface area contributed by atoms with E-state index in [0.717, 1.165) is 0 Å². The molecular formula is C15H18ClN2O4P. The summed E-state index contributed by atoms with van der Waals surface area (Å²) in [5.74, 6) is -0.454. The maximum Gasteiger partial charge on any atom is 0.340 e. The molecule has 0 amide bonds. The molecule has 0 radical (unpaired) electrons. The van der Waals surface area contributed by atoms with E-state index in [2.05, 4.69) is 5.09 Å². The molecule has 2 N–H and O–H groups in total. The molecule has 2 unspecified atom stereocenters. The standard InChI is InChI=1S/C15H18ClN2O4P/c1-17-23(21,22)18(2)9-11(16)7-10-8-14(19)12-5-3-4-6-13(12)15(10)20/h3-6,8,11H,7,9H2,1-2H3,(H2,17,21,22). The number of halogens is 1. The number of rotatable bonds is 6. The molecule has 0 spiro atoms. The van der Waals surface area contributed by atoms with Gasteiger partial charge in [-0.15, -0.1) is 11.6 Å². The highest BCUT2D eigenvalue weighted by Crippen LogP contribution is 2.38. The average molecular weight is 357 g/mol. The third kappa shape index (κ3) is 3.97. The number of ketones is 2. The molecule has 124 valence electrons. The van der Waals surface area contributed by atoms with E-state index in [0.29, 0.717) is 16.7 Å². The summed E-state index contributed by atoms with van der Waals surface area (Å²) in [6, 6.07) is 6.64. The van der Waals surface area contributed by atoms with Crippen molar-refractivity contribution in [3.05, 3.63) is 47.0 Å². The lowest BCUT2D eigenvalue weighted by molar-refractivity contribution is 0.0981. The molecule has 0 bridgehead atoms. The van der Waals surface area contributed by atoms with E-state index < -0.39 is 13.0 Å². The van der Waals surface area contributed by atoms with Crippen LogP contribution in [0.3, 0.4) is 0 Å². The van der Waals surface area contributed by atoms with Crippen LogP contribution in [0, 0.1) is 0 Å². The molecule has 1 aromatic rings. The van der Waals surface area contributed by atoms with Crippen LogP contribution in [0.25, 0.3) is 0 Å². The molecule has 0 aliphatic heterocycles. The molecular weight excluding hydrogens is 339 g/mol. The van der Waals surface area contributed by atoms with Crippen LogP contribution in [-0.4, -0.2) is 47.1 Å². The van der Waals surface area contributed by atoms with Gasteiger partial charge in [-0.2, -0.15) is 0 Å². The zero-order chi connectivity index (χ0) is 17.2. The van der Waals surface area contributed by atoms with Gasteiger partial charge in [0.15, 0.2) is 11.6 Å². The second-order valence-electron chi connectivity index (χ2n) is 5.32. The zero-order valence-corrected chi connectivity index (χ0v) is 14.5. The van der Waals surface area contributed by atoms with Gasteiger partial charge in [-0.3, -0.25) is 14.2 Å². The van der Waals surface area contributed by atoms with E-state index in [1.807, 2.05) is 0 Å². The van der Waals surface area contributed by atoms with Crippen molar-refractivity contribution < 1.29 is 19.0 Å². The predicted molar refractivity (Wildman–Crippen MR) is 89.0 cm³/mol. The van der Waals surface area contributed by atoms with Gasteiger partial charge in [0, 0.05) is 23.2 Å². The fraction of sp³-hybridized carbons (Fsp3) is 0.333. The van der Waals surface area contributed by atoms with E-state index in [4.69, 9.17) is 11.6 Å². The molecule has 1 aliphatic rings. The smallest absolute Gasteiger partial charge is 0.322 e. The minimum Gasteiger partial charge on any atom is -0.322 e. The highest BCUT2D eigenvalue weighted by Gasteiger charge is 2.29. The van der Waals surface area contributed by atoms with Crippen molar-refractivity contribution in [1.82, 2.24) is 9.76 Å². The number of hydrogen-bond donors (Lipinski definition) is 2. The van der Waals surface area contributed by atoms with Crippen molar-refractivity contribution >= 4 is 30.8 Å². The summed E-state index contributed by atoms with van der Waals surface area (Å²) >= 11 is 6.21. The minimum absolute atomic E-state index is 0.0939. The number of hydrogen-bond acceptors (Lipinski definition) is 3. The first kappa shape index (κ1) is 18.0. The van der Waals surface area contributed by atoms with Crippen LogP contribution in [0.1, 0.15) is 27.1 Å². The number of carbonyl (C=O) groups excluding carboxylic acids is 2. The van der Waals surface area contributed by atoms with Crippen LogP contribution in [0.2, 0.25) is 0 Å². The van der Waals surface area contributed by atoms with Crippen LogP contribution in [-0.2, 0) is 4.57 Å². The first-order valence-electron chi connectivity index (χ1n) is 7.02. The van der Waals surface area contributed by atoms with E-state index in [1.165, 1.54) is 24.8 Å². The number of nitrogens with one attached hydrogen (secondary N) is 1. The number of allylic oxidation sites excluding steroid dienone is 2. The normalized spacial score (nSPS) is 18.4. The molecule has 8 heteroatoms. The van der Waals surface area contributed by atoms with Gasteiger partial charge in [-0.1, -0.05) is 24.3 Å². The third-order valence-electron chi connectivity index (χ3n) is 3.69. The Labute approximate surface area is 139 Å². The summed E-state index contributed by atoms with van der Waals surface area (Å²) in [6.45, 7) is 0.0939. The molecule has 0 saturated heterocycles. The number of carbonyl (C=O) groups is 2. The zero-order valence-electron chi connectivity index (χ0n) is 12.8. The summed E-state index contributed by atoms with van der Waals surface area (Å²) < 4.78 is 13.0. The molecule has 1 aliphatic carbocycles. The maximum absolute atomic E-state index is 12.4. The molecule has 0 saturated carbocycles. The van der Waals surface area contributed by atoms with Gasteiger partial charge in [0.1, 0.15) is 0 Å². The van der Waals surface area contributed by atoms with E-state index in [1.54, 1.807) is 24.3 Å². The Morgan fingerprint density at radius 3 is 2.52 bits per heavy atom. The Morgan fingerprint density at radius 1 is 1.30 bits per heavy atom. The number of Topliss-reactive ketones (excluding diaryl/α,β-unsaturated/α-hetero) is 1. The number of benzene rings is 1. The topological polar surface area (TPSA) is 86.7 Å². The summed E-state index contributed by atoms with van der Waals surface area (Å²) in [6.07, 6.45) is 1.45. The summed E-state index contributed by atoms with van der Waals surface area (Å²) in [7, 11) is -0.784. The Morgan fingerprint density at radius 2 is 1.91 bits per heavy atom. The first-order chi connectivity index (χ1) is 10.8. The van der Waals surface area contributed by atoms with Crippen molar-refractivity contribution in [3.63, 3.8) is 0 Å². The van der Waals surface area contributed by atoms with Gasteiger partial charge in [0.05, 0.1) is 5.38 Å². The van der Waals surface area contributed by atoms with E-state index in [-0.39, 0.29) is 24.5 Å². The lowest BCUT2D eigenvalue weighted by Crippen LogP contribution is -2.29. The highest BCUT2D eigenvalue weighted by atomic mass is 35.5. The maximum atomic E-state index is 12.4. The van der Waals surface area contributed by atoms with Crippen LogP contribution >= 0.6 is 19.3 Å². The summed E-state index contributed by atoms with van der Waals surface area (Å²) in [5, 5.41) is 1.74. The van der Waals surface area contributed by atoms with E-state index >= 15 is 0 Å². The van der Waals surface area contributed by atoms with Crippen molar-refractivity contribution in [2.75, 3.05) is 20.6 Å². The van der Waals surface area contributed by atoms with Gasteiger partial charge in [-0.25, -0.2) is 9.76 Å². The van der Waals surface area contributed by atoms with Gasteiger partial charge < -0.3 is 4.89 Å². The van der Waals surface area contributed by atoms with Crippen molar-refractivity contribution in [2.24, 2.45) is 0 Å². The molecule has 6 nitrogen and oxygen atoms in total. The molecule has 2 rings (SSSR count). The van der Waals surface area contributed by atoms with Gasteiger partial charge >= 0.3 is 7.67 Å². The molecule has 0 aromatic heterocycles. The average Bonchev–Trinajstić information content (AvgIpc) is 2.52. The summed E-state index contributed by atoms with van der Waals surface area (Å²) in [5.41, 5.74) is 1.08. The molecule has 0 heterocycles. The lowest BCUT2D eigenvalue weighted by atomic mass is 9.87. The monoisotopic (exact) mass is 356 g/mol. The SMILES string of the molecule is CNP(=O)(O)N(C)CC(Cl)CC1=CC(=O)c2ccccc2C1=O. The Hall–Kier alpha value is -1.30. The van der Waals surface area contributed by atoms with Gasteiger partial charge in [0.25, 0.3) is 0 Å². The fourth-order valence-corrected chi connectivity index (χ4v) is 3.62. The van der Waals surface area contributed by atoms with Crippen LogP contribution in [0.5, 0.6) is 0 Å². The summed E-state index contributed by atoms with van der Waals surface area (Å²) in [4.78, 5) is 34.1. The quantitative estimate of drug-likeness (QED) is 0.600. The Kier molecular flexibility index (Phi) is 5.55. The number of fused-ring (bicyclic) bond motifs is 1. The van der Waals surface area contributed by atoms with Crippen LogP contribution in [0.15, 0.2) is 35.9 Å². The fourth-order valence-electron chi connectivity index (χ4n) is 2.39. The molecule has 0 fully saturated rings. The molecule has 23 heavy (non-hydrogen) atoms. The van der Waals surface area contributed by atoms with Crippen LogP contribution in [0.4, 0.5) is 0 Å². The van der Waals surface area contributed by atoms with Gasteiger partial charge in [0.2, 0.25) is 0 Å². The number of alkyl halides is 1. The largest absolute Gasteiger partial charge is 0.340 e. The predicted octanol–water partition coefficient (Wildman–Crippen LogP) is 2.24. The minimum atomic E-state index is -3.62. The van der Waals surface area contributed by atoms with Crippen LogP contribution < -0.4 is 5.09 Å². The van der Waals surface area contributed by atoms with Crippen molar-refractivity contribution in [2.45, 2.75) is 11.8 Å². The Balaban J connectivity index is 2.11.